The number of hydrogen-bond acceptors (Lipinski definition) is 5. The summed E-state index contributed by atoms with van der Waals surface area (Å²) in [5.74, 6) is 0.914. The van der Waals surface area contributed by atoms with Gasteiger partial charge in [0.1, 0.15) is 5.75 Å². The van der Waals surface area contributed by atoms with Crippen molar-refractivity contribution in [2.75, 3.05) is 32.8 Å². The van der Waals surface area contributed by atoms with Crippen molar-refractivity contribution < 1.29 is 9.84 Å². The summed E-state index contributed by atoms with van der Waals surface area (Å²) in [6.45, 7) is 7.57. The standard InChI is InChI=1S/C25H32N4O2/c1-2-31-24-10-8-20(9-11-24)17-29-14-13-28(19-23(29)12-15-30)18-22-16-26-27-25(22)21-6-4-3-5-7-21/h3-11,16,23,30H,2,12-15,17-19H2,1H3,(H,26,27)/t23-/m1/s1. The van der Waals surface area contributed by atoms with Crippen molar-refractivity contribution in [3.8, 4) is 17.0 Å². The molecule has 3 aromatic rings. The van der Waals surface area contributed by atoms with Gasteiger partial charge in [-0.1, -0.05) is 42.5 Å². The first-order chi connectivity index (χ1) is 15.3. The van der Waals surface area contributed by atoms with Crippen molar-refractivity contribution in [2.45, 2.75) is 32.5 Å². The Kier molecular flexibility index (Phi) is 7.35. The minimum absolute atomic E-state index is 0.208. The van der Waals surface area contributed by atoms with E-state index in [0.29, 0.717) is 12.6 Å². The molecule has 0 radical (unpaired) electrons. The average Bonchev–Trinajstić information content (AvgIpc) is 3.26. The lowest BCUT2D eigenvalue weighted by Gasteiger charge is -2.41. The van der Waals surface area contributed by atoms with Gasteiger partial charge in [0.15, 0.2) is 0 Å². The number of nitrogens with one attached hydrogen (secondary N) is 1. The van der Waals surface area contributed by atoms with Gasteiger partial charge in [-0.25, -0.2) is 0 Å². The third-order valence-electron chi connectivity index (χ3n) is 5.95. The van der Waals surface area contributed by atoms with Crippen LogP contribution in [0.4, 0.5) is 0 Å². The molecule has 2 aromatic carbocycles. The fourth-order valence-corrected chi connectivity index (χ4v) is 4.35. The average molecular weight is 421 g/mol. The molecule has 1 aromatic heterocycles. The summed E-state index contributed by atoms with van der Waals surface area (Å²) in [7, 11) is 0. The topological polar surface area (TPSA) is 64.6 Å². The smallest absolute Gasteiger partial charge is 0.119 e. The number of aromatic nitrogens is 2. The van der Waals surface area contributed by atoms with Crippen molar-refractivity contribution in [2.24, 2.45) is 0 Å². The monoisotopic (exact) mass is 420 g/mol. The van der Waals surface area contributed by atoms with E-state index in [1.54, 1.807) is 0 Å². The quantitative estimate of drug-likeness (QED) is 0.554. The van der Waals surface area contributed by atoms with Crippen LogP contribution in [0.3, 0.4) is 0 Å². The molecule has 0 bridgehead atoms. The lowest BCUT2D eigenvalue weighted by molar-refractivity contribution is 0.0500. The van der Waals surface area contributed by atoms with Crippen LogP contribution >= 0.6 is 0 Å². The fourth-order valence-electron chi connectivity index (χ4n) is 4.35. The summed E-state index contributed by atoms with van der Waals surface area (Å²) >= 11 is 0. The Morgan fingerprint density at radius 2 is 1.87 bits per heavy atom. The summed E-state index contributed by atoms with van der Waals surface area (Å²) in [5.41, 5.74) is 4.75. The summed E-state index contributed by atoms with van der Waals surface area (Å²) < 4.78 is 5.56. The molecule has 2 N–H and O–H groups in total. The second kappa shape index (κ2) is 10.6. The van der Waals surface area contributed by atoms with Crippen LogP contribution in [0.15, 0.2) is 60.8 Å². The molecule has 1 aliphatic heterocycles. The van der Waals surface area contributed by atoms with Gasteiger partial charge in [0.2, 0.25) is 0 Å². The highest BCUT2D eigenvalue weighted by Gasteiger charge is 2.27. The van der Waals surface area contributed by atoms with Crippen molar-refractivity contribution in [1.29, 1.82) is 0 Å². The van der Waals surface area contributed by atoms with Gasteiger partial charge in [-0.3, -0.25) is 14.9 Å². The Labute approximate surface area is 184 Å². The number of aliphatic hydroxyl groups is 1. The molecule has 0 aliphatic carbocycles. The van der Waals surface area contributed by atoms with Crippen LogP contribution in [0.1, 0.15) is 24.5 Å². The van der Waals surface area contributed by atoms with Crippen LogP contribution < -0.4 is 4.74 Å². The predicted octanol–water partition coefficient (Wildman–Crippen LogP) is 3.54. The molecular formula is C25H32N4O2. The molecule has 4 rings (SSSR count). The molecule has 1 fully saturated rings. The van der Waals surface area contributed by atoms with E-state index >= 15 is 0 Å². The molecule has 1 aliphatic rings. The Morgan fingerprint density at radius 3 is 2.61 bits per heavy atom. The number of hydrogen-bond donors (Lipinski definition) is 2. The van der Waals surface area contributed by atoms with Crippen molar-refractivity contribution in [1.82, 2.24) is 20.0 Å². The van der Waals surface area contributed by atoms with Gasteiger partial charge >= 0.3 is 0 Å². The Hall–Kier alpha value is -2.67. The van der Waals surface area contributed by atoms with E-state index in [9.17, 15) is 5.11 Å². The van der Waals surface area contributed by atoms with Crippen LogP contribution in [0.5, 0.6) is 5.75 Å². The summed E-state index contributed by atoms with van der Waals surface area (Å²) in [6, 6.07) is 19.1. The first kappa shape index (κ1) is 21.6. The number of rotatable bonds is 9. The number of H-pyrrole nitrogens is 1. The fraction of sp³-hybridized carbons (Fsp3) is 0.400. The van der Waals surface area contributed by atoms with E-state index in [-0.39, 0.29) is 6.61 Å². The second-order valence-corrected chi connectivity index (χ2v) is 8.08. The zero-order chi connectivity index (χ0) is 21.5. The van der Waals surface area contributed by atoms with Gasteiger partial charge in [0, 0.05) is 50.9 Å². The maximum Gasteiger partial charge on any atom is 0.119 e. The van der Waals surface area contributed by atoms with Gasteiger partial charge in [0.25, 0.3) is 0 Å². The zero-order valence-corrected chi connectivity index (χ0v) is 18.2. The molecule has 164 valence electrons. The zero-order valence-electron chi connectivity index (χ0n) is 18.2. The number of benzene rings is 2. The SMILES string of the molecule is CCOc1ccc(CN2CCN(Cc3cn[nH]c3-c3ccccc3)C[C@H]2CCO)cc1. The van der Waals surface area contributed by atoms with Gasteiger partial charge in [-0.2, -0.15) is 5.10 Å². The van der Waals surface area contributed by atoms with E-state index < -0.39 is 0 Å². The molecule has 0 amide bonds. The number of piperazine rings is 1. The van der Waals surface area contributed by atoms with Gasteiger partial charge in [-0.05, 0) is 36.6 Å². The summed E-state index contributed by atoms with van der Waals surface area (Å²) in [4.78, 5) is 4.97. The minimum atomic E-state index is 0.208. The van der Waals surface area contributed by atoms with Crippen molar-refractivity contribution in [3.05, 3.63) is 71.9 Å². The Balaban J connectivity index is 1.40. The van der Waals surface area contributed by atoms with E-state index in [4.69, 9.17) is 4.74 Å². The third-order valence-corrected chi connectivity index (χ3v) is 5.95. The molecule has 31 heavy (non-hydrogen) atoms. The molecule has 0 unspecified atom stereocenters. The minimum Gasteiger partial charge on any atom is -0.494 e. The number of nitrogens with zero attached hydrogens (tertiary/aromatic N) is 3. The summed E-state index contributed by atoms with van der Waals surface area (Å²) in [5, 5.41) is 17.1. The lowest BCUT2D eigenvalue weighted by atomic mass is 10.0. The highest BCUT2D eigenvalue weighted by atomic mass is 16.5. The van der Waals surface area contributed by atoms with E-state index in [0.717, 1.165) is 56.2 Å². The van der Waals surface area contributed by atoms with Crippen LogP contribution in [0.2, 0.25) is 0 Å². The maximum atomic E-state index is 9.66. The predicted molar refractivity (Wildman–Crippen MR) is 123 cm³/mol. The molecule has 6 heteroatoms. The van der Waals surface area contributed by atoms with E-state index in [1.807, 2.05) is 31.3 Å². The van der Waals surface area contributed by atoms with Gasteiger partial charge < -0.3 is 9.84 Å². The van der Waals surface area contributed by atoms with Crippen LogP contribution in [0.25, 0.3) is 11.3 Å². The number of aromatic amines is 1. The maximum absolute atomic E-state index is 9.66. The molecule has 6 nitrogen and oxygen atoms in total. The third kappa shape index (κ3) is 5.53. The molecule has 0 spiro atoms. The normalized spacial score (nSPS) is 17.7. The Bertz CT molecular complexity index is 926. The highest BCUT2D eigenvalue weighted by Crippen LogP contribution is 2.24. The molecule has 1 saturated heterocycles. The summed E-state index contributed by atoms with van der Waals surface area (Å²) in [6.07, 6.45) is 2.72. The largest absolute Gasteiger partial charge is 0.494 e. The van der Waals surface area contributed by atoms with Crippen LogP contribution in [0, 0.1) is 0 Å². The van der Waals surface area contributed by atoms with Crippen LogP contribution in [-0.2, 0) is 13.1 Å². The van der Waals surface area contributed by atoms with Crippen molar-refractivity contribution in [3.63, 3.8) is 0 Å². The van der Waals surface area contributed by atoms with E-state index in [2.05, 4.69) is 56.4 Å². The molecule has 2 heterocycles. The first-order valence-corrected chi connectivity index (χ1v) is 11.1. The second-order valence-electron chi connectivity index (χ2n) is 8.08. The van der Waals surface area contributed by atoms with Gasteiger partial charge in [0.05, 0.1) is 18.5 Å². The van der Waals surface area contributed by atoms with Gasteiger partial charge in [-0.15, -0.1) is 0 Å². The van der Waals surface area contributed by atoms with Crippen molar-refractivity contribution >= 4 is 0 Å². The number of aliphatic hydroxyl groups excluding tert-OH is 1. The molecule has 0 saturated carbocycles. The first-order valence-electron chi connectivity index (χ1n) is 11.1. The highest BCUT2D eigenvalue weighted by molar-refractivity contribution is 5.62. The molecule has 1 atom stereocenters. The molecular weight excluding hydrogens is 388 g/mol. The van der Waals surface area contributed by atoms with Crippen LogP contribution in [-0.4, -0.2) is 64.0 Å². The lowest BCUT2D eigenvalue weighted by Crippen LogP contribution is -2.52. The van der Waals surface area contributed by atoms with E-state index in [1.165, 1.54) is 11.1 Å². The number of ether oxygens (including phenoxy) is 1. The Morgan fingerprint density at radius 1 is 1.06 bits per heavy atom.